The molecule has 1 aromatic heterocycles. The van der Waals surface area contributed by atoms with E-state index in [9.17, 15) is 0 Å². The van der Waals surface area contributed by atoms with Crippen LogP contribution in [-0.2, 0) is 0 Å². The van der Waals surface area contributed by atoms with E-state index in [4.69, 9.17) is 5.26 Å². The highest BCUT2D eigenvalue weighted by Gasteiger charge is 2.18. The highest BCUT2D eigenvalue weighted by atomic mass is 14.9. The van der Waals surface area contributed by atoms with Crippen LogP contribution >= 0.6 is 0 Å². The van der Waals surface area contributed by atoms with Crippen LogP contribution < -0.4 is 5.32 Å². The first-order valence-electron chi connectivity index (χ1n) is 7.31. The van der Waals surface area contributed by atoms with Crippen LogP contribution in [0.25, 0.3) is 10.9 Å². The van der Waals surface area contributed by atoms with Crippen LogP contribution in [0.1, 0.15) is 38.2 Å². The van der Waals surface area contributed by atoms with Crippen molar-refractivity contribution in [3.8, 4) is 6.07 Å². The molecule has 102 valence electrons. The molecule has 0 spiro atoms. The quantitative estimate of drug-likeness (QED) is 0.889. The highest BCUT2D eigenvalue weighted by molar-refractivity contribution is 5.92. The summed E-state index contributed by atoms with van der Waals surface area (Å²) in [5.74, 6) is 0.854. The lowest BCUT2D eigenvalue weighted by Crippen LogP contribution is -2.25. The Labute approximate surface area is 119 Å². The van der Waals surface area contributed by atoms with E-state index in [-0.39, 0.29) is 0 Å². The van der Waals surface area contributed by atoms with Gasteiger partial charge in [-0.25, -0.2) is 0 Å². The molecule has 1 saturated carbocycles. The van der Waals surface area contributed by atoms with Crippen molar-refractivity contribution in [1.82, 2.24) is 4.98 Å². The van der Waals surface area contributed by atoms with Gasteiger partial charge in [0.05, 0.1) is 17.1 Å². The number of nitrogens with one attached hydrogen (secondary N) is 1. The largest absolute Gasteiger partial charge is 0.382 e. The van der Waals surface area contributed by atoms with E-state index in [0.29, 0.717) is 11.6 Å². The van der Waals surface area contributed by atoms with Crippen LogP contribution in [0.4, 0.5) is 5.69 Å². The minimum absolute atomic E-state index is 0.544. The van der Waals surface area contributed by atoms with Crippen LogP contribution in [-0.4, -0.2) is 11.0 Å². The fourth-order valence-corrected chi connectivity index (χ4v) is 2.97. The van der Waals surface area contributed by atoms with Gasteiger partial charge in [0.15, 0.2) is 0 Å². The number of hydrogen-bond acceptors (Lipinski definition) is 3. The number of nitrogens with zero attached hydrogens (tertiary/aromatic N) is 2. The Morgan fingerprint density at radius 1 is 1.20 bits per heavy atom. The molecule has 2 aromatic rings. The van der Waals surface area contributed by atoms with Crippen molar-refractivity contribution in [1.29, 1.82) is 5.26 Å². The first kappa shape index (κ1) is 12.9. The maximum Gasteiger partial charge on any atom is 0.0991 e. The number of aromatic nitrogens is 1. The maximum atomic E-state index is 9.05. The molecular formula is C17H19N3. The van der Waals surface area contributed by atoms with Crippen LogP contribution in [0.15, 0.2) is 30.5 Å². The lowest BCUT2D eigenvalue weighted by atomic mass is 9.87. The summed E-state index contributed by atoms with van der Waals surface area (Å²) in [6.45, 7) is 2.33. The zero-order valence-corrected chi connectivity index (χ0v) is 11.8. The molecule has 0 amide bonds. The zero-order valence-electron chi connectivity index (χ0n) is 11.8. The molecule has 1 N–H and O–H groups in total. The molecule has 20 heavy (non-hydrogen) atoms. The van der Waals surface area contributed by atoms with Crippen LogP contribution in [0.5, 0.6) is 0 Å². The monoisotopic (exact) mass is 265 g/mol. The van der Waals surface area contributed by atoms with Gasteiger partial charge in [-0.2, -0.15) is 5.26 Å². The Balaban J connectivity index is 1.89. The average Bonchev–Trinajstić information content (AvgIpc) is 2.49. The molecular weight excluding hydrogens is 246 g/mol. The molecule has 0 bridgehead atoms. The Bertz CT molecular complexity index is 649. The van der Waals surface area contributed by atoms with Crippen molar-refractivity contribution in [2.24, 2.45) is 5.92 Å². The number of fused-ring (bicyclic) bond motifs is 1. The number of anilines is 1. The molecule has 0 unspecified atom stereocenters. The third-order valence-corrected chi connectivity index (χ3v) is 4.25. The predicted octanol–water partition coefficient (Wildman–Crippen LogP) is 4.10. The molecule has 0 aliphatic heterocycles. The number of pyridine rings is 1. The summed E-state index contributed by atoms with van der Waals surface area (Å²) in [6.07, 6.45) is 6.88. The first-order chi connectivity index (χ1) is 9.76. The molecule has 1 aliphatic rings. The minimum atomic E-state index is 0.544. The lowest BCUT2D eigenvalue weighted by molar-refractivity contribution is 0.361. The molecule has 3 heteroatoms. The molecule has 0 atom stereocenters. The third kappa shape index (κ3) is 2.60. The second kappa shape index (κ2) is 5.50. The van der Waals surface area contributed by atoms with Gasteiger partial charge in [0.2, 0.25) is 0 Å². The van der Waals surface area contributed by atoms with Crippen LogP contribution in [0.2, 0.25) is 0 Å². The van der Waals surface area contributed by atoms with E-state index >= 15 is 0 Å². The molecule has 3 rings (SSSR count). The summed E-state index contributed by atoms with van der Waals surface area (Å²) in [5, 5.41) is 13.7. The number of benzene rings is 1. The first-order valence-corrected chi connectivity index (χ1v) is 7.31. The van der Waals surface area contributed by atoms with Crippen molar-refractivity contribution >= 4 is 16.6 Å². The van der Waals surface area contributed by atoms with Gasteiger partial charge in [-0.05, 0) is 55.9 Å². The Hall–Kier alpha value is -2.08. The van der Waals surface area contributed by atoms with Gasteiger partial charge < -0.3 is 5.32 Å². The van der Waals surface area contributed by atoms with Gasteiger partial charge in [0.25, 0.3) is 0 Å². The molecule has 1 fully saturated rings. The van der Waals surface area contributed by atoms with E-state index in [1.165, 1.54) is 25.7 Å². The number of rotatable bonds is 2. The average molecular weight is 265 g/mol. The Morgan fingerprint density at radius 2 is 2.00 bits per heavy atom. The van der Waals surface area contributed by atoms with Gasteiger partial charge in [-0.1, -0.05) is 6.92 Å². The summed E-state index contributed by atoms with van der Waals surface area (Å²) in [6, 6.07) is 10.4. The Morgan fingerprint density at radius 3 is 2.75 bits per heavy atom. The van der Waals surface area contributed by atoms with E-state index < -0.39 is 0 Å². The summed E-state index contributed by atoms with van der Waals surface area (Å²) < 4.78 is 0. The smallest absolute Gasteiger partial charge is 0.0991 e. The highest BCUT2D eigenvalue weighted by Crippen LogP contribution is 2.29. The van der Waals surface area contributed by atoms with E-state index in [0.717, 1.165) is 22.5 Å². The zero-order chi connectivity index (χ0) is 13.9. The summed E-state index contributed by atoms with van der Waals surface area (Å²) in [4.78, 5) is 4.37. The van der Waals surface area contributed by atoms with Gasteiger partial charge in [-0.3, -0.25) is 4.98 Å². The van der Waals surface area contributed by atoms with E-state index in [2.05, 4.69) is 23.3 Å². The van der Waals surface area contributed by atoms with Gasteiger partial charge in [0.1, 0.15) is 0 Å². The summed E-state index contributed by atoms with van der Waals surface area (Å²) in [7, 11) is 0. The fraction of sp³-hybridized carbons (Fsp3) is 0.412. The van der Waals surface area contributed by atoms with E-state index in [1.807, 2.05) is 30.5 Å². The summed E-state index contributed by atoms with van der Waals surface area (Å²) in [5.41, 5.74) is 2.73. The Kier molecular flexibility index (Phi) is 3.56. The lowest BCUT2D eigenvalue weighted by Gasteiger charge is -2.28. The number of hydrogen-bond donors (Lipinski definition) is 1. The van der Waals surface area contributed by atoms with Gasteiger partial charge in [0, 0.05) is 23.3 Å². The minimum Gasteiger partial charge on any atom is -0.382 e. The maximum absolute atomic E-state index is 9.05. The van der Waals surface area contributed by atoms with Crippen molar-refractivity contribution in [3.63, 3.8) is 0 Å². The molecule has 1 heterocycles. The molecule has 0 saturated heterocycles. The van der Waals surface area contributed by atoms with Crippen LogP contribution in [0, 0.1) is 17.2 Å². The molecule has 1 aliphatic carbocycles. The number of nitriles is 1. The van der Waals surface area contributed by atoms with E-state index in [1.54, 1.807) is 0 Å². The third-order valence-electron chi connectivity index (χ3n) is 4.25. The van der Waals surface area contributed by atoms with Crippen molar-refractivity contribution in [3.05, 3.63) is 36.0 Å². The van der Waals surface area contributed by atoms with Gasteiger partial charge in [-0.15, -0.1) is 0 Å². The second-order valence-corrected chi connectivity index (χ2v) is 5.80. The standard InChI is InChI=1S/C17H19N3/c1-12-2-5-14(6-3-12)20-17-8-9-19-16-7-4-13(11-18)10-15(16)17/h4,7-10,12,14H,2-3,5-6H2,1H3,(H,19,20). The van der Waals surface area contributed by atoms with Crippen molar-refractivity contribution < 1.29 is 0 Å². The normalized spacial score (nSPS) is 22.4. The topological polar surface area (TPSA) is 48.7 Å². The molecule has 1 aromatic carbocycles. The van der Waals surface area contributed by atoms with Crippen molar-refractivity contribution in [2.75, 3.05) is 5.32 Å². The van der Waals surface area contributed by atoms with Gasteiger partial charge >= 0.3 is 0 Å². The second-order valence-electron chi connectivity index (χ2n) is 5.80. The van der Waals surface area contributed by atoms with Crippen LogP contribution in [0.3, 0.4) is 0 Å². The SMILES string of the molecule is CC1CCC(Nc2ccnc3ccc(C#N)cc23)CC1. The predicted molar refractivity (Wildman–Crippen MR) is 81.5 cm³/mol. The van der Waals surface area contributed by atoms with Crippen molar-refractivity contribution in [2.45, 2.75) is 38.6 Å². The fourth-order valence-electron chi connectivity index (χ4n) is 2.97. The molecule has 0 radical (unpaired) electrons. The summed E-state index contributed by atoms with van der Waals surface area (Å²) >= 11 is 0. The molecule has 3 nitrogen and oxygen atoms in total.